The van der Waals surface area contributed by atoms with E-state index in [1.807, 2.05) is 0 Å². The molecule has 0 amide bonds. The van der Waals surface area contributed by atoms with Gasteiger partial charge in [-0.3, -0.25) is 0 Å². The van der Waals surface area contributed by atoms with Gasteiger partial charge < -0.3 is 5.11 Å². The van der Waals surface area contributed by atoms with Gasteiger partial charge >= 0.3 is 18.9 Å². The maximum atomic E-state index is 10.8. The molecule has 0 fully saturated rings. The summed E-state index contributed by atoms with van der Waals surface area (Å²) >= 11 is 0. The fourth-order valence-corrected chi connectivity index (χ4v) is 1.30. The van der Waals surface area contributed by atoms with Crippen LogP contribution in [-0.4, -0.2) is 8.07 Å². The summed E-state index contributed by atoms with van der Waals surface area (Å²) in [6.07, 6.45) is 1.67. The van der Waals surface area contributed by atoms with Crippen LogP contribution in [-0.2, 0) is 0 Å². The average Bonchev–Trinajstić information content (AvgIpc) is 1.62. The smallest absolute Gasteiger partial charge is 0.879 e. The van der Waals surface area contributed by atoms with Crippen LogP contribution in [0.4, 0.5) is 0 Å². The molecule has 0 aromatic rings. The largest absolute Gasteiger partial charge is 1.00 e. The van der Waals surface area contributed by atoms with Gasteiger partial charge in [-0.2, -0.15) is 0 Å². The van der Waals surface area contributed by atoms with Crippen LogP contribution in [0.2, 0.25) is 19.6 Å². The molecule has 0 aromatic heterocycles. The topological polar surface area (TPSA) is 23.1 Å². The van der Waals surface area contributed by atoms with Crippen LogP contribution >= 0.6 is 0 Å². The molecule has 0 unspecified atom stereocenters. The summed E-state index contributed by atoms with van der Waals surface area (Å²) in [6, 6.07) is 0. The van der Waals surface area contributed by atoms with E-state index in [1.165, 1.54) is 0 Å². The Kier molecular flexibility index (Phi) is 5.65. The summed E-state index contributed by atoms with van der Waals surface area (Å²) in [4.78, 5) is 0. The van der Waals surface area contributed by atoms with Crippen molar-refractivity contribution < 1.29 is 24.0 Å². The van der Waals surface area contributed by atoms with Gasteiger partial charge in [0.05, 0.1) is 8.07 Å². The Labute approximate surface area is 70.3 Å². The summed E-state index contributed by atoms with van der Waals surface area (Å²) in [5, 5.41) is 11.2. The normalized spacial score (nSPS) is 12.7. The number of allylic oxidation sites excluding steroid dienone is 1. The average molecular weight is 136 g/mol. The van der Waals surface area contributed by atoms with Crippen LogP contribution in [0, 0.1) is 0 Å². The van der Waals surface area contributed by atoms with Gasteiger partial charge in [-0.05, 0) is 6.92 Å². The van der Waals surface area contributed by atoms with Crippen molar-refractivity contribution in [1.82, 2.24) is 0 Å². The summed E-state index contributed by atoms with van der Waals surface area (Å²) in [5.74, 6) is 0. The van der Waals surface area contributed by atoms with E-state index in [2.05, 4.69) is 19.6 Å². The Balaban J connectivity index is 0. The van der Waals surface area contributed by atoms with E-state index in [0.717, 1.165) is 0 Å². The Hall–Kier alpha value is 0.354. The predicted octanol–water partition coefficient (Wildman–Crippen LogP) is -1.87. The van der Waals surface area contributed by atoms with Crippen molar-refractivity contribution in [2.24, 2.45) is 0 Å². The van der Waals surface area contributed by atoms with Crippen molar-refractivity contribution in [3.05, 3.63) is 11.5 Å². The van der Waals surface area contributed by atoms with Crippen molar-refractivity contribution in [1.29, 1.82) is 0 Å². The fourth-order valence-electron chi connectivity index (χ4n) is 0.433. The zero-order chi connectivity index (χ0) is 6.78. The van der Waals surface area contributed by atoms with Crippen LogP contribution in [0.25, 0.3) is 0 Å². The third kappa shape index (κ3) is 4.83. The van der Waals surface area contributed by atoms with E-state index in [0.29, 0.717) is 5.38 Å². The van der Waals surface area contributed by atoms with E-state index in [1.54, 1.807) is 13.0 Å². The van der Waals surface area contributed by atoms with Gasteiger partial charge in [0.1, 0.15) is 0 Å². The zero-order valence-corrected chi connectivity index (χ0v) is 7.99. The Morgan fingerprint density at radius 1 is 1.33 bits per heavy atom. The second-order valence-electron chi connectivity index (χ2n) is 2.90. The molecule has 0 aliphatic heterocycles. The van der Waals surface area contributed by atoms with Crippen molar-refractivity contribution in [3.63, 3.8) is 0 Å². The van der Waals surface area contributed by atoms with Gasteiger partial charge in [0.15, 0.2) is 0 Å². The van der Waals surface area contributed by atoms with Crippen molar-refractivity contribution in [2.45, 2.75) is 26.6 Å². The first-order chi connectivity index (χ1) is 3.48. The second kappa shape index (κ2) is 4.21. The Morgan fingerprint density at radius 2 is 1.67 bits per heavy atom. The third-order valence-electron chi connectivity index (χ3n) is 1.00. The standard InChI is InChI=1S/C6H14OSi.Li/c1-5-6(7)8(2,3)4;/h5,7H,1-4H3;/q;+1/p-1/b6-5-;. The van der Waals surface area contributed by atoms with Crippen LogP contribution in [0.3, 0.4) is 0 Å². The first-order valence-corrected chi connectivity index (χ1v) is 6.32. The van der Waals surface area contributed by atoms with E-state index >= 15 is 0 Å². The van der Waals surface area contributed by atoms with E-state index in [9.17, 15) is 5.11 Å². The molecule has 3 heteroatoms. The third-order valence-corrected chi connectivity index (χ3v) is 2.77. The molecule has 0 bridgehead atoms. The first-order valence-electron chi connectivity index (χ1n) is 2.82. The molecular formula is C6H13LiOSi. The van der Waals surface area contributed by atoms with Crippen LogP contribution < -0.4 is 24.0 Å². The van der Waals surface area contributed by atoms with Gasteiger partial charge in [0.2, 0.25) is 0 Å². The molecular weight excluding hydrogens is 123 g/mol. The molecule has 0 aliphatic rings. The van der Waals surface area contributed by atoms with Gasteiger partial charge in [0.25, 0.3) is 0 Å². The number of hydrogen-bond acceptors (Lipinski definition) is 1. The maximum Gasteiger partial charge on any atom is 1.00 e. The zero-order valence-electron chi connectivity index (χ0n) is 6.99. The summed E-state index contributed by atoms with van der Waals surface area (Å²) in [5.41, 5.74) is 0. The van der Waals surface area contributed by atoms with Gasteiger partial charge in [-0.25, -0.2) is 0 Å². The molecule has 0 spiro atoms. The predicted molar refractivity (Wildman–Crippen MR) is 37.1 cm³/mol. The molecule has 0 N–H and O–H groups in total. The number of rotatable bonds is 1. The molecule has 0 aromatic carbocycles. The minimum absolute atomic E-state index is 0. The molecule has 0 saturated heterocycles. The first kappa shape index (κ1) is 12.1. The Bertz CT molecular complexity index is 104. The van der Waals surface area contributed by atoms with E-state index < -0.39 is 8.07 Å². The van der Waals surface area contributed by atoms with Gasteiger partial charge in [-0.15, -0.1) is 11.5 Å². The summed E-state index contributed by atoms with van der Waals surface area (Å²) in [7, 11) is -1.46. The van der Waals surface area contributed by atoms with Crippen molar-refractivity contribution in [2.75, 3.05) is 0 Å². The van der Waals surface area contributed by atoms with Crippen LogP contribution in [0.1, 0.15) is 6.92 Å². The van der Waals surface area contributed by atoms with Gasteiger partial charge in [0, 0.05) is 0 Å². The molecule has 0 heterocycles. The Morgan fingerprint density at radius 3 is 1.67 bits per heavy atom. The van der Waals surface area contributed by atoms with Gasteiger partial charge in [-0.1, -0.05) is 19.6 Å². The molecule has 0 aliphatic carbocycles. The van der Waals surface area contributed by atoms with Crippen LogP contribution in [0.5, 0.6) is 0 Å². The molecule has 9 heavy (non-hydrogen) atoms. The fraction of sp³-hybridized carbons (Fsp3) is 0.667. The van der Waals surface area contributed by atoms with E-state index in [-0.39, 0.29) is 18.9 Å². The van der Waals surface area contributed by atoms with Crippen molar-refractivity contribution in [3.8, 4) is 0 Å². The quantitative estimate of drug-likeness (QED) is 0.306. The molecule has 0 atom stereocenters. The molecule has 48 valence electrons. The van der Waals surface area contributed by atoms with E-state index in [4.69, 9.17) is 0 Å². The summed E-state index contributed by atoms with van der Waals surface area (Å²) < 4.78 is 0. The second-order valence-corrected chi connectivity index (χ2v) is 7.90. The maximum absolute atomic E-state index is 10.8. The molecule has 0 radical (unpaired) electrons. The minimum atomic E-state index is -1.46. The number of hydrogen-bond donors (Lipinski definition) is 0. The monoisotopic (exact) mass is 136 g/mol. The summed E-state index contributed by atoms with van der Waals surface area (Å²) in [6.45, 7) is 7.96. The molecule has 0 rings (SSSR count). The SMILES string of the molecule is C/C=C(/[O-])[Si](C)(C)C.[Li+]. The molecule has 1 nitrogen and oxygen atoms in total. The minimum Gasteiger partial charge on any atom is -0.879 e. The molecule has 0 saturated carbocycles. The van der Waals surface area contributed by atoms with Crippen LogP contribution in [0.15, 0.2) is 11.5 Å². The van der Waals surface area contributed by atoms with Crippen molar-refractivity contribution >= 4 is 8.07 Å².